The average molecular weight is 279 g/mol. The first-order valence-electron chi connectivity index (χ1n) is 7.43. The number of carbonyl (C=O) groups excluding carboxylic acids is 1. The molecule has 1 N–H and O–H groups in total. The van der Waals surface area contributed by atoms with Gasteiger partial charge in [0, 0.05) is 25.1 Å². The Morgan fingerprint density at radius 3 is 2.95 bits per heavy atom. The maximum atomic E-state index is 11.9. The predicted molar refractivity (Wildman–Crippen MR) is 77.3 cm³/mol. The van der Waals surface area contributed by atoms with Gasteiger partial charge in [0.25, 0.3) is 0 Å². The Morgan fingerprint density at radius 1 is 1.50 bits per heavy atom. The smallest absolute Gasteiger partial charge is 0.220 e. The summed E-state index contributed by atoms with van der Waals surface area (Å²) in [6.45, 7) is 6.60. The Hall–Kier alpha value is -1.36. The summed E-state index contributed by atoms with van der Waals surface area (Å²) in [5, 5.41) is 6.86. The summed E-state index contributed by atoms with van der Waals surface area (Å²) >= 11 is 0. The van der Waals surface area contributed by atoms with E-state index in [0.717, 1.165) is 30.0 Å². The zero-order valence-corrected chi connectivity index (χ0v) is 12.7. The number of aromatic nitrogens is 1. The second-order valence-electron chi connectivity index (χ2n) is 5.89. The monoisotopic (exact) mass is 279 g/mol. The number of rotatable bonds is 5. The second kappa shape index (κ2) is 6.88. The highest BCUT2D eigenvalue weighted by atomic mass is 16.5. The van der Waals surface area contributed by atoms with Crippen molar-refractivity contribution in [2.24, 2.45) is 5.92 Å². The third kappa shape index (κ3) is 4.07. The number of nitrogens with zero attached hydrogens (tertiary/aromatic N) is 2. The first-order valence-corrected chi connectivity index (χ1v) is 7.43. The molecule has 1 aliphatic rings. The molecule has 1 aliphatic heterocycles. The summed E-state index contributed by atoms with van der Waals surface area (Å²) in [5.74, 6) is 1.58. The summed E-state index contributed by atoms with van der Waals surface area (Å²) in [6, 6.07) is 0. The van der Waals surface area contributed by atoms with Crippen molar-refractivity contribution in [1.82, 2.24) is 15.4 Å². The molecule has 0 radical (unpaired) electrons. The van der Waals surface area contributed by atoms with Crippen molar-refractivity contribution in [1.29, 1.82) is 0 Å². The molecule has 0 unspecified atom stereocenters. The minimum Gasteiger partial charge on any atom is -0.361 e. The lowest BCUT2D eigenvalue weighted by Crippen LogP contribution is -2.33. The fraction of sp³-hybridized carbons (Fsp3) is 0.733. The van der Waals surface area contributed by atoms with Gasteiger partial charge in [0.1, 0.15) is 5.76 Å². The van der Waals surface area contributed by atoms with Crippen molar-refractivity contribution in [2.75, 3.05) is 20.1 Å². The second-order valence-corrected chi connectivity index (χ2v) is 5.89. The summed E-state index contributed by atoms with van der Waals surface area (Å²) < 4.78 is 5.09. The maximum Gasteiger partial charge on any atom is 0.220 e. The van der Waals surface area contributed by atoms with Crippen molar-refractivity contribution in [3.8, 4) is 0 Å². The van der Waals surface area contributed by atoms with Crippen LogP contribution in [0.25, 0.3) is 0 Å². The quantitative estimate of drug-likeness (QED) is 0.896. The van der Waals surface area contributed by atoms with E-state index in [1.54, 1.807) is 0 Å². The van der Waals surface area contributed by atoms with Gasteiger partial charge < -0.3 is 14.7 Å². The van der Waals surface area contributed by atoms with E-state index in [4.69, 9.17) is 4.52 Å². The van der Waals surface area contributed by atoms with E-state index < -0.39 is 0 Å². The lowest BCUT2D eigenvalue weighted by molar-refractivity contribution is -0.121. The molecule has 1 fully saturated rings. The van der Waals surface area contributed by atoms with Gasteiger partial charge in [0.15, 0.2) is 0 Å². The molecule has 20 heavy (non-hydrogen) atoms. The van der Waals surface area contributed by atoms with Crippen molar-refractivity contribution >= 4 is 5.91 Å². The van der Waals surface area contributed by atoms with Crippen LogP contribution in [0.15, 0.2) is 4.52 Å². The van der Waals surface area contributed by atoms with E-state index in [1.807, 2.05) is 13.8 Å². The van der Waals surface area contributed by atoms with Gasteiger partial charge in [0.2, 0.25) is 5.91 Å². The van der Waals surface area contributed by atoms with Gasteiger partial charge in [-0.25, -0.2) is 0 Å². The standard InChI is InChI=1S/C15H25N3O2/c1-11-14(12(2)20-17-11)9-16-15(19)7-6-13-5-4-8-18(3)10-13/h13H,4-10H2,1-3H3,(H,16,19)/t13-/m0/s1. The number of piperidine rings is 1. The van der Waals surface area contributed by atoms with Crippen LogP contribution in [-0.4, -0.2) is 36.1 Å². The fourth-order valence-corrected chi connectivity index (χ4v) is 2.87. The number of hydrogen-bond acceptors (Lipinski definition) is 4. The molecule has 1 aromatic rings. The number of likely N-dealkylation sites (tertiary alicyclic amines) is 1. The molecule has 0 bridgehead atoms. The third-order valence-electron chi connectivity index (χ3n) is 4.15. The van der Waals surface area contributed by atoms with Crippen LogP contribution in [0.3, 0.4) is 0 Å². The molecule has 1 aromatic heterocycles. The average Bonchev–Trinajstić information content (AvgIpc) is 2.74. The first-order chi connectivity index (χ1) is 9.56. The van der Waals surface area contributed by atoms with E-state index in [2.05, 4.69) is 22.4 Å². The largest absolute Gasteiger partial charge is 0.361 e. The number of amides is 1. The van der Waals surface area contributed by atoms with Crippen LogP contribution >= 0.6 is 0 Å². The molecule has 112 valence electrons. The number of hydrogen-bond donors (Lipinski definition) is 1. The fourth-order valence-electron chi connectivity index (χ4n) is 2.87. The molecular weight excluding hydrogens is 254 g/mol. The molecule has 0 aliphatic carbocycles. The van der Waals surface area contributed by atoms with Crippen LogP contribution in [-0.2, 0) is 11.3 Å². The molecule has 1 amide bonds. The van der Waals surface area contributed by atoms with Crippen molar-refractivity contribution in [2.45, 2.75) is 46.1 Å². The number of nitrogens with one attached hydrogen (secondary N) is 1. The Morgan fingerprint density at radius 2 is 2.30 bits per heavy atom. The van der Waals surface area contributed by atoms with Crippen LogP contribution in [0, 0.1) is 19.8 Å². The third-order valence-corrected chi connectivity index (χ3v) is 4.15. The minimum atomic E-state index is 0.123. The summed E-state index contributed by atoms with van der Waals surface area (Å²) in [5.41, 5.74) is 1.85. The van der Waals surface area contributed by atoms with Crippen LogP contribution in [0.4, 0.5) is 0 Å². The van der Waals surface area contributed by atoms with Crippen LogP contribution < -0.4 is 5.32 Å². The zero-order chi connectivity index (χ0) is 14.5. The summed E-state index contributed by atoms with van der Waals surface area (Å²) in [7, 11) is 2.16. The lowest BCUT2D eigenvalue weighted by atomic mass is 9.93. The topological polar surface area (TPSA) is 58.4 Å². The molecule has 1 saturated heterocycles. The van der Waals surface area contributed by atoms with Crippen molar-refractivity contribution in [3.63, 3.8) is 0 Å². The molecule has 0 spiro atoms. The van der Waals surface area contributed by atoms with Crippen LogP contribution in [0.2, 0.25) is 0 Å². The highest BCUT2D eigenvalue weighted by Gasteiger charge is 2.18. The Kier molecular flexibility index (Phi) is 5.17. The molecule has 2 rings (SSSR count). The molecule has 0 saturated carbocycles. The zero-order valence-electron chi connectivity index (χ0n) is 12.7. The van der Waals surface area contributed by atoms with Gasteiger partial charge in [-0.05, 0) is 52.6 Å². The molecule has 5 heteroatoms. The van der Waals surface area contributed by atoms with E-state index in [0.29, 0.717) is 18.9 Å². The summed E-state index contributed by atoms with van der Waals surface area (Å²) in [6.07, 6.45) is 4.10. The minimum absolute atomic E-state index is 0.123. The van der Waals surface area contributed by atoms with E-state index in [1.165, 1.54) is 19.4 Å². The van der Waals surface area contributed by atoms with Gasteiger partial charge in [-0.15, -0.1) is 0 Å². The lowest BCUT2D eigenvalue weighted by Gasteiger charge is -2.29. The van der Waals surface area contributed by atoms with Crippen LogP contribution in [0.1, 0.15) is 42.7 Å². The molecule has 2 heterocycles. The van der Waals surface area contributed by atoms with Gasteiger partial charge in [-0.2, -0.15) is 0 Å². The van der Waals surface area contributed by atoms with E-state index in [9.17, 15) is 4.79 Å². The molecule has 0 aromatic carbocycles. The van der Waals surface area contributed by atoms with E-state index >= 15 is 0 Å². The Labute approximate surface area is 120 Å². The number of carbonyl (C=O) groups is 1. The molecular formula is C15H25N3O2. The predicted octanol–water partition coefficient (Wildman–Crippen LogP) is 2.03. The van der Waals surface area contributed by atoms with Crippen LogP contribution in [0.5, 0.6) is 0 Å². The Bertz CT molecular complexity index is 436. The molecule has 5 nitrogen and oxygen atoms in total. The molecule has 1 atom stereocenters. The van der Waals surface area contributed by atoms with Crippen molar-refractivity contribution < 1.29 is 9.32 Å². The van der Waals surface area contributed by atoms with Gasteiger partial charge in [0.05, 0.1) is 5.69 Å². The highest BCUT2D eigenvalue weighted by Crippen LogP contribution is 2.19. The summed E-state index contributed by atoms with van der Waals surface area (Å²) in [4.78, 5) is 14.3. The number of aryl methyl sites for hydroxylation is 2. The van der Waals surface area contributed by atoms with E-state index in [-0.39, 0.29) is 5.91 Å². The van der Waals surface area contributed by atoms with Gasteiger partial charge >= 0.3 is 0 Å². The highest BCUT2D eigenvalue weighted by molar-refractivity contribution is 5.75. The SMILES string of the molecule is Cc1noc(C)c1CNC(=O)CC[C@@H]1CCCN(C)C1. The maximum absolute atomic E-state index is 11.9. The van der Waals surface area contributed by atoms with Crippen molar-refractivity contribution in [3.05, 3.63) is 17.0 Å². The van der Waals surface area contributed by atoms with Gasteiger partial charge in [-0.3, -0.25) is 4.79 Å². The normalized spacial score (nSPS) is 20.1. The Balaban J connectivity index is 1.70. The van der Waals surface area contributed by atoms with Gasteiger partial charge in [-0.1, -0.05) is 5.16 Å². The first kappa shape index (κ1) is 15.0.